The molecule has 0 unspecified atom stereocenters. The summed E-state index contributed by atoms with van der Waals surface area (Å²) in [7, 11) is 1.61. The standard InChI is InChI=1S/C23H37N3O4/c1-3-15-11-12-17-19(18(15)21(28)24-2)23(30)26(13-7-8-14-27)20(17)22(29)25-16-9-5-4-6-10-16/h11-12,15-20,27H,3-10,13-14H2,1-2H3,(H,24,28)(H,25,29)/t15-,17+,18-,19-,20+/m1/s1. The van der Waals surface area contributed by atoms with Crippen molar-refractivity contribution in [2.45, 2.75) is 70.4 Å². The highest BCUT2D eigenvalue weighted by Gasteiger charge is 2.56. The second-order valence-electron chi connectivity index (χ2n) is 8.95. The molecule has 0 spiro atoms. The molecule has 0 aromatic carbocycles. The molecular formula is C23H37N3O4. The highest BCUT2D eigenvalue weighted by molar-refractivity contribution is 5.96. The number of unbranched alkanes of at least 4 members (excludes halogenated alkanes) is 1. The molecule has 0 aromatic rings. The van der Waals surface area contributed by atoms with Crippen molar-refractivity contribution in [2.24, 2.45) is 23.7 Å². The number of nitrogens with one attached hydrogen (secondary N) is 2. The normalized spacial score (nSPS) is 31.5. The van der Waals surface area contributed by atoms with E-state index in [1.807, 2.05) is 19.1 Å². The number of hydrogen-bond acceptors (Lipinski definition) is 4. The second-order valence-corrected chi connectivity index (χ2v) is 8.95. The number of amides is 3. The summed E-state index contributed by atoms with van der Waals surface area (Å²) in [6.07, 6.45) is 11.5. The lowest BCUT2D eigenvalue weighted by Crippen LogP contribution is -2.50. The molecule has 168 valence electrons. The molecule has 7 nitrogen and oxygen atoms in total. The van der Waals surface area contributed by atoms with E-state index in [4.69, 9.17) is 0 Å². The van der Waals surface area contributed by atoms with E-state index < -0.39 is 17.9 Å². The largest absolute Gasteiger partial charge is 0.396 e. The van der Waals surface area contributed by atoms with Crippen molar-refractivity contribution in [3.05, 3.63) is 12.2 Å². The zero-order valence-corrected chi connectivity index (χ0v) is 18.3. The van der Waals surface area contributed by atoms with E-state index in [9.17, 15) is 19.5 Å². The Morgan fingerprint density at radius 2 is 1.87 bits per heavy atom. The molecule has 2 aliphatic carbocycles. The Morgan fingerprint density at radius 1 is 1.13 bits per heavy atom. The number of rotatable bonds is 8. The van der Waals surface area contributed by atoms with E-state index in [0.29, 0.717) is 19.4 Å². The molecule has 3 N–H and O–H groups in total. The third-order valence-electron chi connectivity index (χ3n) is 7.16. The number of allylic oxidation sites excluding steroid dienone is 1. The topological polar surface area (TPSA) is 98.7 Å². The fraction of sp³-hybridized carbons (Fsp3) is 0.783. The molecule has 1 heterocycles. The molecule has 1 saturated heterocycles. The lowest BCUT2D eigenvalue weighted by molar-refractivity contribution is -0.141. The second kappa shape index (κ2) is 10.4. The van der Waals surface area contributed by atoms with Crippen LogP contribution in [-0.2, 0) is 14.4 Å². The fourth-order valence-corrected chi connectivity index (χ4v) is 5.58. The summed E-state index contributed by atoms with van der Waals surface area (Å²) in [6.45, 7) is 2.52. The van der Waals surface area contributed by atoms with Gasteiger partial charge in [-0.3, -0.25) is 14.4 Å². The molecule has 30 heavy (non-hydrogen) atoms. The molecule has 1 saturated carbocycles. The van der Waals surface area contributed by atoms with Crippen molar-refractivity contribution in [3.63, 3.8) is 0 Å². The van der Waals surface area contributed by atoms with Crippen LogP contribution in [0.4, 0.5) is 0 Å². The van der Waals surface area contributed by atoms with Gasteiger partial charge in [0, 0.05) is 32.2 Å². The Morgan fingerprint density at radius 3 is 2.50 bits per heavy atom. The van der Waals surface area contributed by atoms with Crippen LogP contribution in [0.3, 0.4) is 0 Å². The summed E-state index contributed by atoms with van der Waals surface area (Å²) in [4.78, 5) is 41.3. The first-order chi connectivity index (χ1) is 14.5. The Kier molecular flexibility index (Phi) is 7.92. The van der Waals surface area contributed by atoms with Crippen molar-refractivity contribution in [1.82, 2.24) is 15.5 Å². The number of likely N-dealkylation sites (tertiary alicyclic amines) is 1. The highest BCUT2D eigenvalue weighted by atomic mass is 16.3. The lowest BCUT2D eigenvalue weighted by Gasteiger charge is -2.34. The average Bonchev–Trinajstić information content (AvgIpc) is 3.05. The van der Waals surface area contributed by atoms with Gasteiger partial charge < -0.3 is 20.6 Å². The fourth-order valence-electron chi connectivity index (χ4n) is 5.58. The first-order valence-electron chi connectivity index (χ1n) is 11.6. The zero-order chi connectivity index (χ0) is 21.7. The Labute approximate surface area is 179 Å². The third-order valence-corrected chi connectivity index (χ3v) is 7.16. The molecule has 3 aliphatic rings. The molecule has 5 atom stereocenters. The molecule has 0 radical (unpaired) electrons. The molecular weight excluding hydrogens is 382 g/mol. The van der Waals surface area contributed by atoms with E-state index in [-0.39, 0.29) is 42.2 Å². The molecule has 1 aliphatic heterocycles. The van der Waals surface area contributed by atoms with Crippen LogP contribution in [0.5, 0.6) is 0 Å². The van der Waals surface area contributed by atoms with E-state index in [0.717, 1.165) is 32.1 Å². The van der Waals surface area contributed by atoms with Gasteiger partial charge in [-0.25, -0.2) is 0 Å². The predicted octanol–water partition coefficient (Wildman–Crippen LogP) is 1.61. The zero-order valence-electron chi connectivity index (χ0n) is 18.3. The van der Waals surface area contributed by atoms with Crippen molar-refractivity contribution >= 4 is 17.7 Å². The average molecular weight is 420 g/mol. The maximum atomic E-state index is 13.5. The van der Waals surface area contributed by atoms with Crippen LogP contribution in [0.15, 0.2) is 12.2 Å². The Bertz CT molecular complexity index is 659. The number of carbonyl (C=O) groups is 3. The van der Waals surface area contributed by atoms with Gasteiger partial charge in [-0.2, -0.15) is 0 Å². The minimum absolute atomic E-state index is 0.00500. The van der Waals surface area contributed by atoms with Gasteiger partial charge in [0.25, 0.3) is 0 Å². The number of fused-ring (bicyclic) bond motifs is 1. The molecule has 0 aromatic heterocycles. The number of carbonyl (C=O) groups excluding carboxylic acids is 3. The Hall–Kier alpha value is -1.89. The maximum Gasteiger partial charge on any atom is 0.243 e. The van der Waals surface area contributed by atoms with Gasteiger partial charge in [0.05, 0.1) is 11.8 Å². The van der Waals surface area contributed by atoms with E-state index in [1.54, 1.807) is 11.9 Å². The van der Waals surface area contributed by atoms with Gasteiger partial charge in [0.2, 0.25) is 17.7 Å². The molecule has 3 rings (SSSR count). The number of aliphatic hydroxyl groups is 1. The lowest BCUT2D eigenvalue weighted by atomic mass is 9.68. The van der Waals surface area contributed by atoms with Crippen molar-refractivity contribution in [2.75, 3.05) is 20.2 Å². The van der Waals surface area contributed by atoms with Crippen molar-refractivity contribution in [3.8, 4) is 0 Å². The Balaban J connectivity index is 1.88. The van der Waals surface area contributed by atoms with Crippen LogP contribution >= 0.6 is 0 Å². The number of nitrogens with zero attached hydrogens (tertiary/aromatic N) is 1. The summed E-state index contributed by atoms with van der Waals surface area (Å²) in [5.74, 6) is -1.57. The van der Waals surface area contributed by atoms with Gasteiger partial charge >= 0.3 is 0 Å². The monoisotopic (exact) mass is 419 g/mol. The van der Waals surface area contributed by atoms with E-state index in [2.05, 4.69) is 10.6 Å². The minimum atomic E-state index is -0.579. The summed E-state index contributed by atoms with van der Waals surface area (Å²) in [6, 6.07) is -0.408. The SMILES string of the molecule is CC[C@@H]1C=C[C@H]2[C@@H](C(=O)N(CCCCO)[C@@H]2C(=O)NC2CCCCC2)[C@@H]1C(=O)NC. The van der Waals surface area contributed by atoms with Crippen LogP contribution in [0.25, 0.3) is 0 Å². The first-order valence-corrected chi connectivity index (χ1v) is 11.6. The van der Waals surface area contributed by atoms with Gasteiger partial charge in [-0.05, 0) is 38.0 Å². The molecule has 3 amide bonds. The smallest absolute Gasteiger partial charge is 0.243 e. The van der Waals surface area contributed by atoms with Crippen molar-refractivity contribution < 1.29 is 19.5 Å². The van der Waals surface area contributed by atoms with Crippen LogP contribution < -0.4 is 10.6 Å². The number of hydrogen-bond donors (Lipinski definition) is 3. The quantitative estimate of drug-likeness (QED) is 0.411. The summed E-state index contributed by atoms with van der Waals surface area (Å²) >= 11 is 0. The van der Waals surface area contributed by atoms with Crippen LogP contribution in [0.1, 0.15) is 58.3 Å². The summed E-state index contributed by atoms with van der Waals surface area (Å²) in [5, 5.41) is 15.1. The third kappa shape index (κ3) is 4.56. The summed E-state index contributed by atoms with van der Waals surface area (Å²) < 4.78 is 0. The van der Waals surface area contributed by atoms with E-state index in [1.165, 1.54) is 6.42 Å². The molecule has 0 bridgehead atoms. The van der Waals surface area contributed by atoms with Crippen LogP contribution in [0.2, 0.25) is 0 Å². The van der Waals surface area contributed by atoms with Gasteiger partial charge in [0.1, 0.15) is 6.04 Å². The molecule has 7 heteroatoms. The summed E-state index contributed by atoms with van der Waals surface area (Å²) in [5.41, 5.74) is 0. The molecule has 2 fully saturated rings. The maximum absolute atomic E-state index is 13.5. The minimum Gasteiger partial charge on any atom is -0.396 e. The van der Waals surface area contributed by atoms with Gasteiger partial charge in [-0.15, -0.1) is 0 Å². The highest BCUT2D eigenvalue weighted by Crippen LogP contribution is 2.45. The predicted molar refractivity (Wildman–Crippen MR) is 114 cm³/mol. The first kappa shape index (κ1) is 22.8. The van der Waals surface area contributed by atoms with E-state index >= 15 is 0 Å². The van der Waals surface area contributed by atoms with Gasteiger partial charge in [0.15, 0.2) is 0 Å². The number of aliphatic hydroxyl groups excluding tert-OH is 1. The van der Waals surface area contributed by atoms with Crippen LogP contribution in [-0.4, -0.2) is 60.0 Å². The van der Waals surface area contributed by atoms with Crippen molar-refractivity contribution in [1.29, 1.82) is 0 Å². The van der Waals surface area contributed by atoms with Gasteiger partial charge in [-0.1, -0.05) is 38.3 Å². The van der Waals surface area contributed by atoms with Crippen LogP contribution in [0, 0.1) is 23.7 Å².